The third-order valence-electron chi connectivity index (χ3n) is 11.2. The molecule has 320 valence electrons. The van der Waals surface area contributed by atoms with E-state index in [1.807, 2.05) is 34.9 Å². The SMILES string of the molecule is C[C@H](O[Si](C)(C)C(C)(C)C)C(=O)N(C[C@@H]1CN(C(=O)OC(C)(C)C)C[C@@H]1OS(C)(=O)=O)[C@@H](c1nc(-c2cc(F)ccc2F)cn1Cc1ccccc1)C1CCOCC1. The van der Waals surface area contributed by atoms with Gasteiger partial charge in [0.1, 0.15) is 35.3 Å². The number of amides is 2. The van der Waals surface area contributed by atoms with E-state index < -0.39 is 65.9 Å². The summed E-state index contributed by atoms with van der Waals surface area (Å²) in [5.41, 5.74) is 0.255. The highest BCUT2D eigenvalue weighted by Crippen LogP contribution is 2.41. The number of halogens is 2. The van der Waals surface area contributed by atoms with Crippen molar-refractivity contribution in [3.05, 3.63) is 77.8 Å². The van der Waals surface area contributed by atoms with Crippen LogP contribution in [0.4, 0.5) is 13.6 Å². The van der Waals surface area contributed by atoms with Gasteiger partial charge < -0.3 is 28.3 Å². The molecule has 3 aromatic rings. The number of rotatable bonds is 13. The lowest BCUT2D eigenvalue weighted by molar-refractivity contribution is -0.145. The van der Waals surface area contributed by atoms with E-state index in [0.29, 0.717) is 38.4 Å². The van der Waals surface area contributed by atoms with Gasteiger partial charge in [-0.25, -0.2) is 18.6 Å². The molecule has 2 aromatic carbocycles. The van der Waals surface area contributed by atoms with Gasteiger partial charge in [0, 0.05) is 50.5 Å². The smallest absolute Gasteiger partial charge is 0.410 e. The van der Waals surface area contributed by atoms with Crippen LogP contribution in [0.15, 0.2) is 54.7 Å². The molecule has 58 heavy (non-hydrogen) atoms. The van der Waals surface area contributed by atoms with Gasteiger partial charge in [0.05, 0.1) is 24.5 Å². The van der Waals surface area contributed by atoms with E-state index in [4.69, 9.17) is 23.1 Å². The predicted octanol–water partition coefficient (Wildman–Crippen LogP) is 7.79. The van der Waals surface area contributed by atoms with Crippen LogP contribution in [0.5, 0.6) is 0 Å². The van der Waals surface area contributed by atoms with Gasteiger partial charge in [-0.05, 0) is 88.3 Å². The fourth-order valence-corrected chi connectivity index (χ4v) is 9.36. The van der Waals surface area contributed by atoms with Crippen LogP contribution in [-0.4, -0.2) is 105 Å². The lowest BCUT2D eigenvalue weighted by atomic mass is 9.88. The topological polar surface area (TPSA) is 129 Å². The highest BCUT2D eigenvalue weighted by molar-refractivity contribution is 7.86. The molecule has 4 atom stereocenters. The first-order chi connectivity index (χ1) is 26.9. The van der Waals surface area contributed by atoms with Crippen molar-refractivity contribution in [1.82, 2.24) is 19.4 Å². The molecule has 0 bridgehead atoms. The van der Waals surface area contributed by atoms with Crippen molar-refractivity contribution in [1.29, 1.82) is 0 Å². The summed E-state index contributed by atoms with van der Waals surface area (Å²) in [5.74, 6) is -2.12. The van der Waals surface area contributed by atoms with E-state index in [-0.39, 0.29) is 47.8 Å². The molecule has 2 saturated heterocycles. The molecule has 0 radical (unpaired) electrons. The van der Waals surface area contributed by atoms with Crippen LogP contribution in [-0.2, 0) is 39.5 Å². The number of aromatic nitrogens is 2. The summed E-state index contributed by atoms with van der Waals surface area (Å²) in [6.07, 6.45) is 1.16. The molecule has 0 saturated carbocycles. The van der Waals surface area contributed by atoms with Gasteiger partial charge in [-0.3, -0.25) is 8.98 Å². The number of hydrogen-bond donors (Lipinski definition) is 0. The van der Waals surface area contributed by atoms with Gasteiger partial charge in [-0.1, -0.05) is 51.1 Å². The third kappa shape index (κ3) is 11.5. The predicted molar refractivity (Wildman–Crippen MR) is 220 cm³/mol. The molecule has 12 nitrogen and oxygen atoms in total. The van der Waals surface area contributed by atoms with Crippen molar-refractivity contribution in [2.75, 3.05) is 39.1 Å². The molecule has 0 spiro atoms. The number of benzene rings is 2. The first-order valence-electron chi connectivity index (χ1n) is 19.9. The average molecular weight is 847 g/mol. The minimum absolute atomic E-state index is 0.0308. The van der Waals surface area contributed by atoms with Crippen LogP contribution in [0.3, 0.4) is 0 Å². The first kappa shape index (κ1) is 45.4. The van der Waals surface area contributed by atoms with Crippen LogP contribution in [0, 0.1) is 23.5 Å². The lowest BCUT2D eigenvalue weighted by Crippen LogP contribution is -2.52. The van der Waals surface area contributed by atoms with Gasteiger partial charge in [-0.15, -0.1) is 0 Å². The van der Waals surface area contributed by atoms with Crippen LogP contribution in [0.1, 0.15) is 78.7 Å². The van der Waals surface area contributed by atoms with Gasteiger partial charge in [-0.2, -0.15) is 8.42 Å². The second kappa shape index (κ2) is 17.9. The Bertz CT molecular complexity index is 2010. The molecule has 0 N–H and O–H groups in total. The standard InChI is InChI=1S/C42H60F2N4O8SSi/c1-28(56-58(9,10)42(5,6)7)39(49)48(25-31-24-47(40(50)54-41(2,3)4)27-36(31)55-57(8,51)52)37(30-18-20-53-21-19-30)38-45-35(33-22-32(43)16-17-34(33)44)26-46(38)23-29-14-12-11-13-15-29/h11-17,22,26,28,30-31,36-37H,18-21,23-25,27H2,1-10H3/t28-,31-,36-,37+/m0/s1. The molecule has 0 aliphatic carbocycles. The minimum atomic E-state index is -4.01. The van der Waals surface area contributed by atoms with Gasteiger partial charge >= 0.3 is 6.09 Å². The van der Waals surface area contributed by atoms with E-state index in [0.717, 1.165) is 30.0 Å². The number of hydrogen-bond acceptors (Lipinski definition) is 9. The Morgan fingerprint density at radius 2 is 1.67 bits per heavy atom. The molecule has 16 heteroatoms. The summed E-state index contributed by atoms with van der Waals surface area (Å²) in [6.45, 7) is 18.4. The fraction of sp³-hybridized carbons (Fsp3) is 0.595. The highest BCUT2D eigenvalue weighted by Gasteiger charge is 2.47. The molecule has 0 unspecified atom stereocenters. The summed E-state index contributed by atoms with van der Waals surface area (Å²) in [5, 5.41) is -0.226. The normalized spacial score (nSPS) is 19.6. The van der Waals surface area contributed by atoms with Crippen molar-refractivity contribution in [3.8, 4) is 11.3 Å². The number of nitrogens with zero attached hydrogens (tertiary/aromatic N) is 4. The number of carbonyl (C=O) groups excluding carboxylic acids is 2. The second-order valence-corrected chi connectivity index (χ2v) is 24.5. The molecule has 2 aliphatic heterocycles. The maximum absolute atomic E-state index is 15.5. The molecule has 5 rings (SSSR count). The van der Waals surface area contributed by atoms with Crippen molar-refractivity contribution in [2.45, 2.75) is 110 Å². The van der Waals surface area contributed by atoms with Crippen molar-refractivity contribution >= 4 is 30.4 Å². The largest absolute Gasteiger partial charge is 0.444 e. The maximum atomic E-state index is 15.5. The van der Waals surface area contributed by atoms with Crippen molar-refractivity contribution in [3.63, 3.8) is 0 Å². The second-order valence-electron chi connectivity index (χ2n) is 18.1. The lowest BCUT2D eigenvalue weighted by Gasteiger charge is -2.43. The molecular formula is C42H60F2N4O8SSi. The molecule has 2 aliphatic rings. The Labute approximate surface area is 343 Å². The number of carbonyl (C=O) groups is 2. The highest BCUT2D eigenvalue weighted by atomic mass is 32.2. The number of imidazole rings is 1. The van der Waals surface area contributed by atoms with E-state index in [2.05, 4.69) is 33.9 Å². The summed E-state index contributed by atoms with van der Waals surface area (Å²) in [4.78, 5) is 36.9. The third-order valence-corrected chi connectivity index (χ3v) is 16.3. The van der Waals surface area contributed by atoms with Crippen molar-refractivity contribution < 1.29 is 44.9 Å². The summed E-state index contributed by atoms with van der Waals surface area (Å²) in [6, 6.07) is 12.1. The van der Waals surface area contributed by atoms with E-state index >= 15 is 9.18 Å². The van der Waals surface area contributed by atoms with Gasteiger partial charge in [0.25, 0.3) is 16.0 Å². The summed E-state index contributed by atoms with van der Waals surface area (Å²) in [7, 11) is -6.53. The van der Waals surface area contributed by atoms with Crippen LogP contribution >= 0.6 is 0 Å². The van der Waals surface area contributed by atoms with E-state index in [1.54, 1.807) is 38.8 Å². The van der Waals surface area contributed by atoms with Crippen LogP contribution in [0.25, 0.3) is 11.3 Å². The van der Waals surface area contributed by atoms with Gasteiger partial charge in [0.2, 0.25) is 0 Å². The zero-order chi connectivity index (χ0) is 42.8. The Kier molecular flexibility index (Phi) is 14.0. The zero-order valence-electron chi connectivity index (χ0n) is 35.5. The Morgan fingerprint density at radius 3 is 2.28 bits per heavy atom. The fourth-order valence-electron chi connectivity index (χ4n) is 7.35. The Hall–Kier alpha value is -3.70. The maximum Gasteiger partial charge on any atom is 0.410 e. The molecular weight excluding hydrogens is 787 g/mol. The van der Waals surface area contributed by atoms with E-state index in [9.17, 15) is 17.6 Å². The summed E-state index contributed by atoms with van der Waals surface area (Å²) < 4.78 is 81.2. The molecule has 2 amide bonds. The zero-order valence-corrected chi connectivity index (χ0v) is 37.3. The molecule has 2 fully saturated rings. The van der Waals surface area contributed by atoms with Crippen LogP contribution in [0.2, 0.25) is 18.1 Å². The Morgan fingerprint density at radius 1 is 1.02 bits per heavy atom. The molecule has 3 heterocycles. The van der Waals surface area contributed by atoms with Gasteiger partial charge in [0.15, 0.2) is 8.32 Å². The summed E-state index contributed by atoms with van der Waals surface area (Å²) >= 11 is 0. The average Bonchev–Trinajstić information content (AvgIpc) is 3.71. The van der Waals surface area contributed by atoms with Crippen molar-refractivity contribution in [2.24, 2.45) is 11.8 Å². The Balaban J connectivity index is 1.70. The monoisotopic (exact) mass is 846 g/mol. The van der Waals surface area contributed by atoms with E-state index in [1.165, 1.54) is 4.90 Å². The first-order valence-corrected chi connectivity index (χ1v) is 24.6. The number of likely N-dealkylation sites (tertiary alicyclic amines) is 1. The molecule has 1 aromatic heterocycles. The quantitative estimate of drug-likeness (QED) is 0.125. The van der Waals surface area contributed by atoms with Crippen LogP contribution < -0.4 is 0 Å². The minimum Gasteiger partial charge on any atom is -0.444 e. The number of ether oxygens (including phenoxy) is 2.